The second kappa shape index (κ2) is 7.23. The molecule has 2 amide bonds. The van der Waals surface area contributed by atoms with E-state index in [9.17, 15) is 14.4 Å². The van der Waals surface area contributed by atoms with Crippen LogP contribution in [0.1, 0.15) is 39.6 Å². The Bertz CT molecular complexity index is 630. The molecule has 0 fully saturated rings. The molecular formula is C16H21N3O4. The molecule has 0 radical (unpaired) electrons. The number of carboxylic acids is 1. The molecule has 1 aliphatic heterocycles. The molecule has 0 bridgehead atoms. The number of carbonyl (C=O) groups excluding carboxylic acids is 2. The van der Waals surface area contributed by atoms with Gasteiger partial charge in [0.25, 0.3) is 11.8 Å². The monoisotopic (exact) mass is 319 g/mol. The fraction of sp³-hybridized carbons (Fsp3) is 0.438. The third-order valence-corrected chi connectivity index (χ3v) is 3.87. The Morgan fingerprint density at radius 3 is 2.83 bits per heavy atom. The van der Waals surface area contributed by atoms with E-state index in [2.05, 4.69) is 5.32 Å². The molecule has 1 aromatic carbocycles. The van der Waals surface area contributed by atoms with E-state index in [0.717, 1.165) is 12.0 Å². The van der Waals surface area contributed by atoms with E-state index < -0.39 is 11.9 Å². The third kappa shape index (κ3) is 3.87. The van der Waals surface area contributed by atoms with Crippen molar-refractivity contribution in [1.82, 2.24) is 10.2 Å². The summed E-state index contributed by atoms with van der Waals surface area (Å²) in [6, 6.07) is 4.99. The van der Waals surface area contributed by atoms with Crippen LogP contribution in [0.15, 0.2) is 18.2 Å². The number of carboxylic acid groups (broad SMARTS) is 1. The van der Waals surface area contributed by atoms with Gasteiger partial charge in [0, 0.05) is 30.8 Å². The molecule has 1 aromatic rings. The first kappa shape index (κ1) is 17.0. The van der Waals surface area contributed by atoms with E-state index in [4.69, 9.17) is 10.8 Å². The molecule has 124 valence electrons. The Morgan fingerprint density at radius 2 is 2.17 bits per heavy atom. The summed E-state index contributed by atoms with van der Waals surface area (Å²) < 4.78 is 0. The number of hydrogen-bond acceptors (Lipinski definition) is 4. The topological polar surface area (TPSA) is 113 Å². The van der Waals surface area contributed by atoms with Crippen LogP contribution in [-0.4, -0.2) is 47.4 Å². The Balaban J connectivity index is 2.05. The Morgan fingerprint density at radius 1 is 1.43 bits per heavy atom. The minimum absolute atomic E-state index is 0.0435. The number of aliphatic carboxylic acids is 1. The van der Waals surface area contributed by atoms with Crippen molar-refractivity contribution >= 4 is 17.8 Å². The first-order valence-electron chi connectivity index (χ1n) is 7.57. The van der Waals surface area contributed by atoms with Crippen LogP contribution in [0, 0.1) is 5.92 Å². The minimum Gasteiger partial charge on any atom is -0.481 e. The van der Waals surface area contributed by atoms with E-state index in [0.29, 0.717) is 30.8 Å². The van der Waals surface area contributed by atoms with Crippen LogP contribution in [0.25, 0.3) is 0 Å². The molecule has 0 unspecified atom stereocenters. The zero-order valence-electron chi connectivity index (χ0n) is 13.0. The molecule has 7 nitrogen and oxygen atoms in total. The highest BCUT2D eigenvalue weighted by Gasteiger charge is 2.27. The summed E-state index contributed by atoms with van der Waals surface area (Å²) in [5.41, 5.74) is 7.24. The van der Waals surface area contributed by atoms with E-state index in [1.165, 1.54) is 6.92 Å². The van der Waals surface area contributed by atoms with Crippen LogP contribution in [0.5, 0.6) is 0 Å². The van der Waals surface area contributed by atoms with Gasteiger partial charge in [0.2, 0.25) is 0 Å². The van der Waals surface area contributed by atoms with Crippen LogP contribution in [-0.2, 0) is 11.3 Å². The van der Waals surface area contributed by atoms with Gasteiger partial charge in [-0.15, -0.1) is 0 Å². The van der Waals surface area contributed by atoms with E-state index in [1.54, 1.807) is 23.1 Å². The van der Waals surface area contributed by atoms with Gasteiger partial charge in [0.05, 0.1) is 5.92 Å². The van der Waals surface area contributed by atoms with Gasteiger partial charge in [-0.3, -0.25) is 14.4 Å². The van der Waals surface area contributed by atoms with Crippen molar-refractivity contribution in [3.63, 3.8) is 0 Å². The fourth-order valence-electron chi connectivity index (χ4n) is 2.40. The van der Waals surface area contributed by atoms with Crippen molar-refractivity contribution in [2.24, 2.45) is 11.7 Å². The number of nitrogens with two attached hydrogens (primary N) is 1. The summed E-state index contributed by atoms with van der Waals surface area (Å²) >= 11 is 0. The summed E-state index contributed by atoms with van der Waals surface area (Å²) in [6.07, 6.45) is 0.736. The maximum atomic E-state index is 12.3. The summed E-state index contributed by atoms with van der Waals surface area (Å²) in [5, 5.41) is 11.4. The molecule has 1 aliphatic rings. The summed E-state index contributed by atoms with van der Waals surface area (Å²) in [7, 11) is 0. The average Bonchev–Trinajstić information content (AvgIpc) is 2.85. The van der Waals surface area contributed by atoms with Crippen LogP contribution >= 0.6 is 0 Å². The van der Waals surface area contributed by atoms with Crippen molar-refractivity contribution < 1.29 is 19.5 Å². The average molecular weight is 319 g/mol. The Hall–Kier alpha value is -2.41. The molecule has 0 saturated carbocycles. The van der Waals surface area contributed by atoms with Crippen molar-refractivity contribution in [3.8, 4) is 0 Å². The van der Waals surface area contributed by atoms with Gasteiger partial charge in [-0.2, -0.15) is 0 Å². The highest BCUT2D eigenvalue weighted by atomic mass is 16.4. The number of rotatable bonds is 7. The van der Waals surface area contributed by atoms with Gasteiger partial charge in [-0.25, -0.2) is 0 Å². The molecule has 0 aliphatic carbocycles. The predicted octanol–water partition coefficient (Wildman–Crippen LogP) is 0.442. The standard InChI is InChI=1S/C16H21N3O4/c1-10(16(22)23)8-18-14(20)11-3-4-12-9-19(6-2-5-17)15(21)13(12)7-11/h3-4,7,10H,2,5-6,8-9,17H2,1H3,(H,18,20)(H,22,23)/t10-/m0/s1. The lowest BCUT2D eigenvalue weighted by molar-refractivity contribution is -0.140. The Labute approximate surface area is 134 Å². The maximum absolute atomic E-state index is 12.3. The van der Waals surface area contributed by atoms with Crippen molar-refractivity contribution in [3.05, 3.63) is 34.9 Å². The highest BCUT2D eigenvalue weighted by Crippen LogP contribution is 2.24. The lowest BCUT2D eigenvalue weighted by Crippen LogP contribution is -2.31. The fourth-order valence-corrected chi connectivity index (χ4v) is 2.40. The highest BCUT2D eigenvalue weighted by molar-refractivity contribution is 6.02. The summed E-state index contributed by atoms with van der Waals surface area (Å²) in [5.74, 6) is -2.11. The number of hydrogen-bond donors (Lipinski definition) is 3. The zero-order valence-corrected chi connectivity index (χ0v) is 13.0. The second-order valence-corrected chi connectivity index (χ2v) is 5.69. The van der Waals surface area contributed by atoms with Gasteiger partial charge in [-0.1, -0.05) is 13.0 Å². The molecule has 0 spiro atoms. The van der Waals surface area contributed by atoms with Crippen LogP contribution in [0.4, 0.5) is 0 Å². The predicted molar refractivity (Wildman–Crippen MR) is 84.0 cm³/mol. The number of fused-ring (bicyclic) bond motifs is 1. The molecule has 4 N–H and O–H groups in total. The maximum Gasteiger partial charge on any atom is 0.308 e. The first-order valence-corrected chi connectivity index (χ1v) is 7.57. The molecule has 2 rings (SSSR count). The normalized spacial score (nSPS) is 14.5. The number of nitrogens with zero attached hydrogens (tertiary/aromatic N) is 1. The molecule has 0 saturated heterocycles. The molecular weight excluding hydrogens is 298 g/mol. The lowest BCUT2D eigenvalue weighted by Gasteiger charge is -2.14. The van der Waals surface area contributed by atoms with Crippen molar-refractivity contribution in [2.75, 3.05) is 19.6 Å². The molecule has 1 atom stereocenters. The third-order valence-electron chi connectivity index (χ3n) is 3.87. The smallest absolute Gasteiger partial charge is 0.308 e. The summed E-state index contributed by atoms with van der Waals surface area (Å²) in [6.45, 7) is 3.22. The van der Waals surface area contributed by atoms with Crippen molar-refractivity contribution in [1.29, 1.82) is 0 Å². The Kier molecular flexibility index (Phi) is 5.33. The lowest BCUT2D eigenvalue weighted by atomic mass is 10.1. The second-order valence-electron chi connectivity index (χ2n) is 5.69. The van der Waals surface area contributed by atoms with E-state index in [1.807, 2.05) is 0 Å². The van der Waals surface area contributed by atoms with Gasteiger partial charge >= 0.3 is 5.97 Å². The number of carbonyl (C=O) groups is 3. The largest absolute Gasteiger partial charge is 0.481 e. The van der Waals surface area contributed by atoms with Gasteiger partial charge < -0.3 is 21.1 Å². The van der Waals surface area contributed by atoms with E-state index >= 15 is 0 Å². The molecule has 23 heavy (non-hydrogen) atoms. The SMILES string of the molecule is C[C@@H](CNC(=O)c1ccc2c(c1)C(=O)N(CCCN)C2)C(=O)O. The summed E-state index contributed by atoms with van der Waals surface area (Å²) in [4.78, 5) is 36.9. The van der Waals surface area contributed by atoms with Crippen LogP contribution in [0.2, 0.25) is 0 Å². The number of benzene rings is 1. The van der Waals surface area contributed by atoms with Crippen molar-refractivity contribution in [2.45, 2.75) is 19.9 Å². The van der Waals surface area contributed by atoms with E-state index in [-0.39, 0.29) is 18.4 Å². The van der Waals surface area contributed by atoms with Gasteiger partial charge in [0.15, 0.2) is 0 Å². The molecule has 7 heteroatoms. The first-order chi connectivity index (χ1) is 10.9. The van der Waals surface area contributed by atoms with Crippen LogP contribution in [0.3, 0.4) is 0 Å². The number of amides is 2. The van der Waals surface area contributed by atoms with Crippen LogP contribution < -0.4 is 11.1 Å². The van der Waals surface area contributed by atoms with Gasteiger partial charge in [-0.05, 0) is 30.7 Å². The number of nitrogens with one attached hydrogen (secondary N) is 1. The minimum atomic E-state index is -0.968. The van der Waals surface area contributed by atoms with Gasteiger partial charge in [0.1, 0.15) is 0 Å². The molecule has 0 aromatic heterocycles. The molecule has 1 heterocycles. The quantitative estimate of drug-likeness (QED) is 0.675. The zero-order chi connectivity index (χ0) is 17.0.